The highest BCUT2D eigenvalue weighted by Crippen LogP contribution is 2.30. The molecule has 2 fully saturated rings. The molecule has 174 valence electrons. The van der Waals surface area contributed by atoms with Crippen molar-refractivity contribution in [3.8, 4) is 17.2 Å². The quantitative estimate of drug-likeness (QED) is 0.331. The molecule has 2 aliphatic rings. The Morgan fingerprint density at radius 1 is 1.06 bits per heavy atom. The lowest BCUT2D eigenvalue weighted by molar-refractivity contribution is -0.0817. The van der Waals surface area contributed by atoms with Gasteiger partial charge in [-0.15, -0.1) is 24.0 Å². The standard InChI is InChI=1S/C24H31N3O4.HI/c1-25-24(27-13-15-30-23(17-27)21-8-5-14-29-21)26-16-18-9-11-19(12-10-18)31-22-7-4-3-6-20(22)28-2;/h3-4,6-7,9-12,21,23H,5,8,13-17H2,1-2H3,(H,25,26);1H. The van der Waals surface area contributed by atoms with Gasteiger partial charge in [-0.1, -0.05) is 24.3 Å². The van der Waals surface area contributed by atoms with Crippen molar-refractivity contribution in [3.05, 3.63) is 54.1 Å². The minimum atomic E-state index is 0. The molecule has 2 aliphatic heterocycles. The van der Waals surface area contributed by atoms with Crippen LogP contribution in [0.1, 0.15) is 18.4 Å². The number of nitrogens with zero attached hydrogens (tertiary/aromatic N) is 2. The van der Waals surface area contributed by atoms with Crippen LogP contribution in [-0.2, 0) is 16.0 Å². The van der Waals surface area contributed by atoms with Crippen LogP contribution in [0.15, 0.2) is 53.5 Å². The third-order valence-electron chi connectivity index (χ3n) is 5.66. The van der Waals surface area contributed by atoms with Gasteiger partial charge in [0.25, 0.3) is 0 Å². The van der Waals surface area contributed by atoms with Crippen molar-refractivity contribution in [1.29, 1.82) is 0 Å². The van der Waals surface area contributed by atoms with Crippen molar-refractivity contribution in [2.45, 2.75) is 31.6 Å². The maximum Gasteiger partial charge on any atom is 0.194 e. The summed E-state index contributed by atoms with van der Waals surface area (Å²) in [5, 5.41) is 3.47. The summed E-state index contributed by atoms with van der Waals surface area (Å²) in [6, 6.07) is 15.7. The van der Waals surface area contributed by atoms with Crippen LogP contribution in [0.2, 0.25) is 0 Å². The molecular weight excluding hydrogens is 521 g/mol. The summed E-state index contributed by atoms with van der Waals surface area (Å²) >= 11 is 0. The molecule has 2 atom stereocenters. The van der Waals surface area contributed by atoms with Crippen LogP contribution in [0.25, 0.3) is 0 Å². The van der Waals surface area contributed by atoms with Crippen LogP contribution < -0.4 is 14.8 Å². The average Bonchev–Trinajstić information content (AvgIpc) is 3.36. The zero-order chi connectivity index (χ0) is 21.5. The Hall–Kier alpha value is -2.04. The summed E-state index contributed by atoms with van der Waals surface area (Å²) in [7, 11) is 3.46. The number of hydrogen-bond acceptors (Lipinski definition) is 5. The molecule has 0 spiro atoms. The number of morpholine rings is 1. The van der Waals surface area contributed by atoms with E-state index in [0.29, 0.717) is 24.7 Å². The number of halogens is 1. The van der Waals surface area contributed by atoms with Crippen molar-refractivity contribution < 1.29 is 18.9 Å². The molecular formula is C24H32IN3O4. The topological polar surface area (TPSA) is 64.6 Å². The molecule has 8 heteroatoms. The molecule has 0 aliphatic carbocycles. The second-order valence-corrected chi connectivity index (χ2v) is 7.70. The van der Waals surface area contributed by atoms with E-state index in [2.05, 4.69) is 27.3 Å². The maximum absolute atomic E-state index is 5.96. The first-order valence-corrected chi connectivity index (χ1v) is 10.9. The molecule has 2 saturated heterocycles. The van der Waals surface area contributed by atoms with E-state index in [1.165, 1.54) is 0 Å². The molecule has 7 nitrogen and oxygen atoms in total. The fourth-order valence-corrected chi connectivity index (χ4v) is 4.01. The third-order valence-corrected chi connectivity index (χ3v) is 5.66. The fourth-order valence-electron chi connectivity index (χ4n) is 4.01. The number of nitrogens with one attached hydrogen (secondary N) is 1. The average molecular weight is 553 g/mol. The highest BCUT2D eigenvalue weighted by atomic mass is 127. The summed E-state index contributed by atoms with van der Waals surface area (Å²) in [5.41, 5.74) is 1.15. The van der Waals surface area contributed by atoms with Gasteiger partial charge in [0.2, 0.25) is 0 Å². The van der Waals surface area contributed by atoms with Gasteiger partial charge in [-0.2, -0.15) is 0 Å². The van der Waals surface area contributed by atoms with Crippen molar-refractivity contribution in [2.24, 2.45) is 4.99 Å². The van der Waals surface area contributed by atoms with E-state index in [1.54, 1.807) is 7.11 Å². The van der Waals surface area contributed by atoms with Crippen LogP contribution in [0.5, 0.6) is 17.2 Å². The van der Waals surface area contributed by atoms with Crippen LogP contribution in [0.4, 0.5) is 0 Å². The van der Waals surface area contributed by atoms with E-state index in [4.69, 9.17) is 18.9 Å². The second kappa shape index (κ2) is 12.3. The van der Waals surface area contributed by atoms with Gasteiger partial charge in [0.1, 0.15) is 11.9 Å². The highest BCUT2D eigenvalue weighted by Gasteiger charge is 2.32. The zero-order valence-electron chi connectivity index (χ0n) is 18.7. The Labute approximate surface area is 207 Å². The van der Waals surface area contributed by atoms with Gasteiger partial charge in [0, 0.05) is 33.3 Å². The Kier molecular flexibility index (Phi) is 9.43. The zero-order valence-corrected chi connectivity index (χ0v) is 21.0. The summed E-state index contributed by atoms with van der Waals surface area (Å²) in [6.07, 6.45) is 2.51. The van der Waals surface area contributed by atoms with E-state index in [0.717, 1.165) is 49.8 Å². The van der Waals surface area contributed by atoms with E-state index in [9.17, 15) is 0 Å². The van der Waals surface area contributed by atoms with Gasteiger partial charge < -0.3 is 29.2 Å². The van der Waals surface area contributed by atoms with Gasteiger partial charge in [-0.25, -0.2) is 0 Å². The van der Waals surface area contributed by atoms with Gasteiger partial charge >= 0.3 is 0 Å². The lowest BCUT2D eigenvalue weighted by Crippen LogP contribution is -2.53. The summed E-state index contributed by atoms with van der Waals surface area (Å²) in [6.45, 7) is 3.85. The van der Waals surface area contributed by atoms with Gasteiger partial charge in [-0.05, 0) is 42.7 Å². The van der Waals surface area contributed by atoms with E-state index < -0.39 is 0 Å². The molecule has 1 N–H and O–H groups in total. The summed E-state index contributed by atoms with van der Waals surface area (Å²) in [4.78, 5) is 6.74. The van der Waals surface area contributed by atoms with Crippen LogP contribution in [0.3, 0.4) is 0 Å². The Balaban J connectivity index is 0.00000289. The number of ether oxygens (including phenoxy) is 4. The molecule has 0 aromatic heterocycles. The molecule has 0 saturated carbocycles. The van der Waals surface area contributed by atoms with E-state index >= 15 is 0 Å². The summed E-state index contributed by atoms with van der Waals surface area (Å²) < 4.78 is 23.1. The molecule has 2 aromatic rings. The predicted octanol–water partition coefficient (Wildman–Crippen LogP) is 4.06. The van der Waals surface area contributed by atoms with Crippen molar-refractivity contribution in [3.63, 3.8) is 0 Å². The molecule has 0 bridgehead atoms. The SMILES string of the molecule is CN=C(NCc1ccc(Oc2ccccc2OC)cc1)N1CCOC(C2CCCO2)C1.I. The number of methoxy groups -OCH3 is 1. The lowest BCUT2D eigenvalue weighted by atomic mass is 10.1. The first-order chi connectivity index (χ1) is 15.3. The number of benzene rings is 2. The molecule has 2 unspecified atom stereocenters. The Bertz CT molecular complexity index is 872. The van der Waals surface area contributed by atoms with Crippen LogP contribution in [-0.4, -0.2) is 63.5 Å². The molecule has 0 amide bonds. The summed E-state index contributed by atoms with van der Waals surface area (Å²) in [5.74, 6) is 3.07. The van der Waals surface area contributed by atoms with Crippen molar-refractivity contribution in [2.75, 3.05) is 40.5 Å². The normalized spacial score (nSPS) is 21.1. The second-order valence-electron chi connectivity index (χ2n) is 7.70. The molecule has 4 rings (SSSR count). The van der Waals surface area contributed by atoms with Crippen LogP contribution >= 0.6 is 24.0 Å². The first kappa shape index (κ1) is 24.6. The van der Waals surface area contributed by atoms with Gasteiger partial charge in [-0.3, -0.25) is 4.99 Å². The Morgan fingerprint density at radius 3 is 2.50 bits per heavy atom. The third kappa shape index (κ3) is 6.26. The van der Waals surface area contributed by atoms with Gasteiger partial charge in [0.05, 0.1) is 19.8 Å². The fraction of sp³-hybridized carbons (Fsp3) is 0.458. The number of rotatable bonds is 6. The minimum absolute atomic E-state index is 0. The molecule has 0 radical (unpaired) electrons. The lowest BCUT2D eigenvalue weighted by Gasteiger charge is -2.37. The van der Waals surface area contributed by atoms with Crippen molar-refractivity contribution in [1.82, 2.24) is 10.2 Å². The highest BCUT2D eigenvalue weighted by molar-refractivity contribution is 14.0. The number of aliphatic imine (C=N–C) groups is 1. The number of hydrogen-bond donors (Lipinski definition) is 1. The molecule has 32 heavy (non-hydrogen) atoms. The number of guanidine groups is 1. The van der Waals surface area contributed by atoms with Gasteiger partial charge in [0.15, 0.2) is 17.5 Å². The predicted molar refractivity (Wildman–Crippen MR) is 135 cm³/mol. The van der Waals surface area contributed by atoms with E-state index in [-0.39, 0.29) is 36.2 Å². The number of para-hydroxylation sites is 2. The largest absolute Gasteiger partial charge is 0.493 e. The molecule has 2 aromatic carbocycles. The van der Waals surface area contributed by atoms with Crippen molar-refractivity contribution >= 4 is 29.9 Å². The maximum atomic E-state index is 5.96. The first-order valence-electron chi connectivity index (χ1n) is 10.9. The Morgan fingerprint density at radius 2 is 1.81 bits per heavy atom. The molecule has 2 heterocycles. The minimum Gasteiger partial charge on any atom is -0.493 e. The van der Waals surface area contributed by atoms with Crippen LogP contribution in [0, 0.1) is 0 Å². The smallest absolute Gasteiger partial charge is 0.194 e. The van der Waals surface area contributed by atoms with E-state index in [1.807, 2.05) is 43.4 Å². The monoisotopic (exact) mass is 553 g/mol.